The first-order chi connectivity index (χ1) is 11.1. The van der Waals surface area contributed by atoms with E-state index in [4.69, 9.17) is 21.9 Å². The van der Waals surface area contributed by atoms with Crippen molar-refractivity contribution in [1.82, 2.24) is 10.1 Å². The van der Waals surface area contributed by atoms with Crippen LogP contribution in [-0.2, 0) is 6.42 Å². The van der Waals surface area contributed by atoms with Crippen LogP contribution >= 0.6 is 11.6 Å². The zero-order valence-electron chi connectivity index (χ0n) is 12.9. The van der Waals surface area contributed by atoms with Crippen LogP contribution in [0.25, 0.3) is 11.4 Å². The highest BCUT2D eigenvalue weighted by molar-refractivity contribution is 6.33. The van der Waals surface area contributed by atoms with Gasteiger partial charge in [-0.25, -0.2) is 0 Å². The van der Waals surface area contributed by atoms with Crippen molar-refractivity contribution < 1.29 is 4.52 Å². The average Bonchev–Trinajstić information content (AvgIpc) is 3.03. The van der Waals surface area contributed by atoms with Crippen LogP contribution in [0.1, 0.15) is 29.5 Å². The van der Waals surface area contributed by atoms with Crippen LogP contribution in [0.3, 0.4) is 0 Å². The lowest BCUT2D eigenvalue weighted by Crippen LogP contribution is -2.11. The molecule has 4 nitrogen and oxygen atoms in total. The first kappa shape index (κ1) is 15.7. The smallest absolute Gasteiger partial charge is 0.243 e. The molecule has 0 fully saturated rings. The quantitative estimate of drug-likeness (QED) is 0.757. The van der Waals surface area contributed by atoms with Crippen LogP contribution in [-0.4, -0.2) is 10.1 Å². The van der Waals surface area contributed by atoms with Crippen molar-refractivity contribution in [2.45, 2.75) is 25.8 Å². The fourth-order valence-corrected chi connectivity index (χ4v) is 2.80. The SMILES string of the molecule is Cc1cccc(Cl)c1-c1noc([C@H](N)CCc2ccccc2)n1. The molecule has 0 aliphatic carbocycles. The highest BCUT2D eigenvalue weighted by Gasteiger charge is 2.18. The van der Waals surface area contributed by atoms with E-state index in [9.17, 15) is 0 Å². The van der Waals surface area contributed by atoms with E-state index in [1.165, 1.54) is 5.56 Å². The van der Waals surface area contributed by atoms with E-state index >= 15 is 0 Å². The molecule has 3 rings (SSSR count). The molecule has 1 atom stereocenters. The standard InChI is InChI=1S/C18H18ClN3O/c1-12-6-5-9-14(19)16(12)17-21-18(23-22-17)15(20)11-10-13-7-3-2-4-8-13/h2-9,15H,10-11,20H2,1H3/t15-/m1/s1. The Morgan fingerprint density at radius 1 is 1.13 bits per heavy atom. The van der Waals surface area contributed by atoms with E-state index < -0.39 is 0 Å². The zero-order valence-corrected chi connectivity index (χ0v) is 13.6. The average molecular weight is 328 g/mol. The molecule has 118 valence electrons. The number of rotatable bonds is 5. The Labute approximate surface area is 140 Å². The Kier molecular flexibility index (Phi) is 4.74. The molecule has 0 bridgehead atoms. The maximum atomic E-state index is 6.24. The summed E-state index contributed by atoms with van der Waals surface area (Å²) in [6, 6.07) is 15.6. The van der Waals surface area contributed by atoms with Crippen molar-refractivity contribution >= 4 is 11.6 Å². The number of aryl methyl sites for hydroxylation is 2. The van der Waals surface area contributed by atoms with Crippen molar-refractivity contribution in [3.05, 3.63) is 70.6 Å². The number of hydrogen-bond donors (Lipinski definition) is 1. The van der Waals surface area contributed by atoms with Gasteiger partial charge in [-0.05, 0) is 37.0 Å². The highest BCUT2D eigenvalue weighted by Crippen LogP contribution is 2.29. The summed E-state index contributed by atoms with van der Waals surface area (Å²) in [6.45, 7) is 1.96. The maximum Gasteiger partial charge on any atom is 0.243 e. The Morgan fingerprint density at radius 2 is 1.91 bits per heavy atom. The van der Waals surface area contributed by atoms with E-state index in [1.54, 1.807) is 0 Å². The van der Waals surface area contributed by atoms with Crippen molar-refractivity contribution in [3.63, 3.8) is 0 Å². The van der Waals surface area contributed by atoms with Crippen LogP contribution < -0.4 is 5.73 Å². The van der Waals surface area contributed by atoms with Gasteiger partial charge in [0.2, 0.25) is 11.7 Å². The summed E-state index contributed by atoms with van der Waals surface area (Å²) in [4.78, 5) is 4.43. The normalized spacial score (nSPS) is 12.3. The van der Waals surface area contributed by atoms with Gasteiger partial charge in [-0.3, -0.25) is 0 Å². The number of nitrogens with zero attached hydrogens (tertiary/aromatic N) is 2. The van der Waals surface area contributed by atoms with Gasteiger partial charge in [0.1, 0.15) is 0 Å². The minimum absolute atomic E-state index is 0.292. The minimum Gasteiger partial charge on any atom is -0.337 e. The van der Waals surface area contributed by atoms with Crippen molar-refractivity contribution in [2.75, 3.05) is 0 Å². The number of aromatic nitrogens is 2. The van der Waals surface area contributed by atoms with Crippen LogP contribution in [0.15, 0.2) is 53.1 Å². The summed E-state index contributed by atoms with van der Waals surface area (Å²) in [5.74, 6) is 0.925. The third-order valence-corrected chi connectivity index (χ3v) is 4.11. The second-order valence-electron chi connectivity index (χ2n) is 5.52. The molecule has 0 aliphatic rings. The van der Waals surface area contributed by atoms with Crippen molar-refractivity contribution in [1.29, 1.82) is 0 Å². The molecule has 2 N–H and O–H groups in total. The lowest BCUT2D eigenvalue weighted by atomic mass is 10.1. The summed E-state index contributed by atoms with van der Waals surface area (Å²) in [7, 11) is 0. The second-order valence-corrected chi connectivity index (χ2v) is 5.93. The monoisotopic (exact) mass is 327 g/mol. The third kappa shape index (κ3) is 3.60. The molecule has 0 radical (unpaired) electrons. The Balaban J connectivity index is 1.74. The van der Waals surface area contributed by atoms with E-state index in [2.05, 4.69) is 22.3 Å². The fraction of sp³-hybridized carbons (Fsp3) is 0.222. The minimum atomic E-state index is -0.292. The molecule has 2 aromatic carbocycles. The van der Waals surface area contributed by atoms with E-state index in [0.717, 1.165) is 24.0 Å². The fourth-order valence-electron chi connectivity index (χ4n) is 2.49. The number of nitrogens with two attached hydrogens (primary N) is 1. The predicted molar refractivity (Wildman–Crippen MR) is 91.2 cm³/mol. The summed E-state index contributed by atoms with van der Waals surface area (Å²) in [5.41, 5.74) is 9.22. The molecule has 3 aromatic rings. The first-order valence-electron chi connectivity index (χ1n) is 7.54. The Bertz CT molecular complexity index is 766. The van der Waals surface area contributed by atoms with Gasteiger partial charge in [0, 0.05) is 5.56 Å². The Hall–Kier alpha value is -2.17. The lowest BCUT2D eigenvalue weighted by molar-refractivity contribution is 0.349. The molecular weight excluding hydrogens is 310 g/mol. The van der Waals surface area contributed by atoms with Crippen LogP contribution in [0.2, 0.25) is 5.02 Å². The summed E-state index contributed by atoms with van der Waals surface area (Å²) in [5, 5.41) is 4.64. The largest absolute Gasteiger partial charge is 0.337 e. The van der Waals surface area contributed by atoms with E-state index in [-0.39, 0.29) is 6.04 Å². The molecule has 0 saturated heterocycles. The molecule has 0 aliphatic heterocycles. The van der Waals surface area contributed by atoms with Crippen molar-refractivity contribution in [2.24, 2.45) is 5.73 Å². The molecule has 23 heavy (non-hydrogen) atoms. The summed E-state index contributed by atoms with van der Waals surface area (Å²) in [6.07, 6.45) is 1.61. The van der Waals surface area contributed by atoms with Gasteiger partial charge in [0.05, 0.1) is 11.1 Å². The zero-order chi connectivity index (χ0) is 16.2. The van der Waals surface area contributed by atoms with Gasteiger partial charge in [-0.1, -0.05) is 59.2 Å². The molecule has 0 spiro atoms. The van der Waals surface area contributed by atoms with Gasteiger partial charge < -0.3 is 10.3 Å². The molecule has 5 heteroatoms. The molecular formula is C18H18ClN3O. The van der Waals surface area contributed by atoms with Gasteiger partial charge in [0.15, 0.2) is 0 Å². The van der Waals surface area contributed by atoms with E-state index in [0.29, 0.717) is 16.7 Å². The molecule has 0 amide bonds. The molecule has 0 saturated carbocycles. The summed E-state index contributed by atoms with van der Waals surface area (Å²) < 4.78 is 5.33. The molecule has 1 heterocycles. The molecule has 0 unspecified atom stereocenters. The number of halogens is 1. The maximum absolute atomic E-state index is 6.24. The number of benzene rings is 2. The van der Waals surface area contributed by atoms with Crippen LogP contribution in [0.5, 0.6) is 0 Å². The van der Waals surface area contributed by atoms with Gasteiger partial charge >= 0.3 is 0 Å². The number of hydrogen-bond acceptors (Lipinski definition) is 4. The summed E-state index contributed by atoms with van der Waals surface area (Å²) >= 11 is 6.24. The van der Waals surface area contributed by atoms with Gasteiger partial charge in [0.25, 0.3) is 0 Å². The van der Waals surface area contributed by atoms with E-state index in [1.807, 2.05) is 43.3 Å². The van der Waals surface area contributed by atoms with Crippen LogP contribution in [0, 0.1) is 6.92 Å². The predicted octanol–water partition coefficient (Wildman–Crippen LogP) is 4.33. The van der Waals surface area contributed by atoms with Gasteiger partial charge in [-0.2, -0.15) is 4.98 Å². The molecule has 1 aromatic heterocycles. The Morgan fingerprint density at radius 3 is 2.65 bits per heavy atom. The lowest BCUT2D eigenvalue weighted by Gasteiger charge is -2.06. The third-order valence-electron chi connectivity index (χ3n) is 3.79. The topological polar surface area (TPSA) is 64.9 Å². The highest BCUT2D eigenvalue weighted by atomic mass is 35.5. The second kappa shape index (κ2) is 6.94. The van der Waals surface area contributed by atoms with Gasteiger partial charge in [-0.15, -0.1) is 0 Å². The first-order valence-corrected chi connectivity index (χ1v) is 7.91. The van der Waals surface area contributed by atoms with Crippen molar-refractivity contribution in [3.8, 4) is 11.4 Å². The van der Waals surface area contributed by atoms with Crippen LogP contribution in [0.4, 0.5) is 0 Å².